The van der Waals surface area contributed by atoms with Gasteiger partial charge in [-0.15, -0.1) is 0 Å². The molecule has 0 spiro atoms. The first-order chi connectivity index (χ1) is 11.7. The van der Waals surface area contributed by atoms with Crippen molar-refractivity contribution in [3.63, 3.8) is 0 Å². The SMILES string of the molecule is Cc1cc(Br)cc(C)c1OC(C)C(=O)Oc1ccc(C(=O)O)cc1Br. The van der Waals surface area contributed by atoms with Gasteiger partial charge in [0.25, 0.3) is 0 Å². The summed E-state index contributed by atoms with van der Waals surface area (Å²) >= 11 is 6.62. The van der Waals surface area contributed by atoms with Crippen LogP contribution < -0.4 is 9.47 Å². The summed E-state index contributed by atoms with van der Waals surface area (Å²) in [5.74, 6) is -0.774. The van der Waals surface area contributed by atoms with E-state index in [1.807, 2.05) is 26.0 Å². The first-order valence-corrected chi connectivity index (χ1v) is 8.95. The van der Waals surface area contributed by atoms with E-state index >= 15 is 0 Å². The Balaban J connectivity index is 2.12. The van der Waals surface area contributed by atoms with Gasteiger partial charge in [0, 0.05) is 4.47 Å². The van der Waals surface area contributed by atoms with Crippen molar-refractivity contribution in [1.29, 1.82) is 0 Å². The number of hydrogen-bond donors (Lipinski definition) is 1. The molecule has 1 unspecified atom stereocenters. The second-order valence-electron chi connectivity index (χ2n) is 5.50. The predicted molar refractivity (Wildman–Crippen MR) is 100 cm³/mol. The standard InChI is InChI=1S/C18H16Br2O5/c1-9-6-13(19)7-10(2)16(9)24-11(3)18(23)25-15-5-4-12(17(21)22)8-14(15)20/h4-8,11H,1-3H3,(H,21,22). The predicted octanol–water partition coefficient (Wildman–Crippen LogP) is 4.90. The van der Waals surface area contributed by atoms with Crippen molar-refractivity contribution >= 4 is 43.8 Å². The van der Waals surface area contributed by atoms with E-state index in [-0.39, 0.29) is 11.3 Å². The van der Waals surface area contributed by atoms with Crippen LogP contribution in [0.4, 0.5) is 0 Å². The Hall–Kier alpha value is -1.86. The highest BCUT2D eigenvalue weighted by atomic mass is 79.9. The molecule has 0 aliphatic heterocycles. The van der Waals surface area contributed by atoms with Gasteiger partial charge in [-0.05, 0) is 78.2 Å². The number of hydrogen-bond acceptors (Lipinski definition) is 4. The fourth-order valence-electron chi connectivity index (χ4n) is 2.22. The smallest absolute Gasteiger partial charge is 0.352 e. The third-order valence-corrected chi connectivity index (χ3v) is 4.52. The average Bonchev–Trinajstić information content (AvgIpc) is 2.52. The number of halogens is 2. The van der Waals surface area contributed by atoms with Crippen LogP contribution in [0.25, 0.3) is 0 Å². The van der Waals surface area contributed by atoms with Gasteiger partial charge in [0.1, 0.15) is 11.5 Å². The van der Waals surface area contributed by atoms with Crippen LogP contribution in [0.15, 0.2) is 39.3 Å². The number of carboxylic acids is 1. The molecule has 5 nitrogen and oxygen atoms in total. The van der Waals surface area contributed by atoms with Crippen LogP contribution in [-0.4, -0.2) is 23.1 Å². The molecule has 132 valence electrons. The zero-order valence-electron chi connectivity index (χ0n) is 13.8. The third-order valence-electron chi connectivity index (χ3n) is 3.44. The highest BCUT2D eigenvalue weighted by molar-refractivity contribution is 9.10. The molecule has 25 heavy (non-hydrogen) atoms. The molecular formula is C18H16Br2O5. The van der Waals surface area contributed by atoms with Crippen molar-refractivity contribution in [2.45, 2.75) is 26.9 Å². The van der Waals surface area contributed by atoms with Crippen molar-refractivity contribution in [3.8, 4) is 11.5 Å². The maximum Gasteiger partial charge on any atom is 0.352 e. The molecule has 0 aliphatic carbocycles. The maximum absolute atomic E-state index is 12.3. The summed E-state index contributed by atoms with van der Waals surface area (Å²) in [6.45, 7) is 5.39. The fourth-order valence-corrected chi connectivity index (χ4v) is 3.36. The maximum atomic E-state index is 12.3. The normalized spacial score (nSPS) is 11.7. The summed E-state index contributed by atoms with van der Waals surface area (Å²) in [5.41, 5.74) is 1.90. The van der Waals surface area contributed by atoms with Crippen LogP contribution in [0.2, 0.25) is 0 Å². The Morgan fingerprint density at radius 3 is 2.20 bits per heavy atom. The van der Waals surface area contributed by atoms with Gasteiger partial charge >= 0.3 is 11.9 Å². The number of esters is 1. The third kappa shape index (κ3) is 4.83. The van der Waals surface area contributed by atoms with Crippen LogP contribution in [0.3, 0.4) is 0 Å². The molecule has 0 amide bonds. The minimum atomic E-state index is -1.06. The van der Waals surface area contributed by atoms with E-state index in [0.29, 0.717) is 10.2 Å². The van der Waals surface area contributed by atoms with Crippen LogP contribution >= 0.6 is 31.9 Å². The van der Waals surface area contributed by atoms with Gasteiger partial charge in [-0.2, -0.15) is 0 Å². The molecular weight excluding hydrogens is 456 g/mol. The Bertz CT molecular complexity index is 809. The molecule has 0 saturated heterocycles. The number of ether oxygens (including phenoxy) is 2. The van der Waals surface area contributed by atoms with E-state index in [9.17, 15) is 9.59 Å². The molecule has 0 radical (unpaired) electrons. The minimum Gasteiger partial charge on any atom is -0.478 e. The molecule has 2 aromatic rings. The molecule has 0 bridgehead atoms. The number of aryl methyl sites for hydroxylation is 2. The van der Waals surface area contributed by atoms with E-state index in [1.54, 1.807) is 6.92 Å². The molecule has 0 saturated carbocycles. The van der Waals surface area contributed by atoms with Crippen LogP contribution in [0.1, 0.15) is 28.4 Å². The Morgan fingerprint density at radius 2 is 1.68 bits per heavy atom. The van der Waals surface area contributed by atoms with Gasteiger partial charge in [-0.3, -0.25) is 0 Å². The van der Waals surface area contributed by atoms with Crippen LogP contribution in [0.5, 0.6) is 11.5 Å². The summed E-state index contributed by atoms with van der Waals surface area (Å²) in [5, 5.41) is 8.95. The van der Waals surface area contributed by atoms with Gasteiger partial charge in [0.2, 0.25) is 0 Å². The van der Waals surface area contributed by atoms with Gasteiger partial charge in [-0.25, -0.2) is 9.59 Å². The van der Waals surface area contributed by atoms with Crippen molar-refractivity contribution < 1.29 is 24.2 Å². The largest absolute Gasteiger partial charge is 0.478 e. The highest BCUT2D eigenvalue weighted by Crippen LogP contribution is 2.29. The summed E-state index contributed by atoms with van der Waals surface area (Å²) < 4.78 is 12.4. The summed E-state index contributed by atoms with van der Waals surface area (Å²) in [4.78, 5) is 23.2. The second kappa shape index (κ2) is 8.01. The van der Waals surface area contributed by atoms with Gasteiger partial charge < -0.3 is 14.6 Å². The summed E-state index contributed by atoms with van der Waals surface area (Å²) in [6.07, 6.45) is -0.829. The van der Waals surface area contributed by atoms with E-state index in [1.165, 1.54) is 18.2 Å². The van der Waals surface area contributed by atoms with Gasteiger partial charge in [0.15, 0.2) is 6.10 Å². The minimum absolute atomic E-state index is 0.0945. The first-order valence-electron chi connectivity index (χ1n) is 7.37. The molecule has 0 fully saturated rings. The molecule has 0 aliphatic rings. The topological polar surface area (TPSA) is 72.8 Å². The lowest BCUT2D eigenvalue weighted by Crippen LogP contribution is -2.29. The number of carboxylic acid groups (broad SMARTS) is 1. The second-order valence-corrected chi connectivity index (χ2v) is 7.27. The zero-order chi connectivity index (χ0) is 18.7. The molecule has 1 atom stereocenters. The zero-order valence-corrected chi connectivity index (χ0v) is 17.0. The van der Waals surface area contributed by atoms with E-state index in [4.69, 9.17) is 14.6 Å². The van der Waals surface area contributed by atoms with Crippen molar-refractivity contribution in [3.05, 3.63) is 56.0 Å². The lowest BCUT2D eigenvalue weighted by molar-refractivity contribution is -0.141. The number of rotatable bonds is 5. The van der Waals surface area contributed by atoms with Gasteiger partial charge in [-0.1, -0.05) is 15.9 Å². The highest BCUT2D eigenvalue weighted by Gasteiger charge is 2.21. The fraction of sp³-hybridized carbons (Fsp3) is 0.222. The summed E-state index contributed by atoms with van der Waals surface area (Å²) in [7, 11) is 0. The molecule has 0 aromatic heterocycles. The lowest BCUT2D eigenvalue weighted by Gasteiger charge is -2.18. The van der Waals surface area contributed by atoms with Crippen LogP contribution in [-0.2, 0) is 4.79 Å². The van der Waals surface area contributed by atoms with E-state index in [2.05, 4.69) is 31.9 Å². The van der Waals surface area contributed by atoms with Crippen LogP contribution in [0, 0.1) is 13.8 Å². The lowest BCUT2D eigenvalue weighted by atomic mass is 10.1. The first kappa shape index (κ1) is 19.5. The number of carbonyl (C=O) groups is 2. The summed E-state index contributed by atoms with van der Waals surface area (Å²) in [6, 6.07) is 7.97. The molecule has 7 heteroatoms. The number of aromatic carboxylic acids is 1. The molecule has 2 aromatic carbocycles. The molecule has 2 rings (SSSR count). The quantitative estimate of drug-likeness (QED) is 0.496. The Morgan fingerprint density at radius 1 is 1.08 bits per heavy atom. The van der Waals surface area contributed by atoms with Crippen molar-refractivity contribution in [2.75, 3.05) is 0 Å². The van der Waals surface area contributed by atoms with E-state index in [0.717, 1.165) is 15.6 Å². The number of carbonyl (C=O) groups excluding carboxylic acids is 1. The van der Waals surface area contributed by atoms with Crippen molar-refractivity contribution in [2.24, 2.45) is 0 Å². The Kier molecular flexibility index (Phi) is 6.24. The number of benzene rings is 2. The monoisotopic (exact) mass is 470 g/mol. The van der Waals surface area contributed by atoms with E-state index < -0.39 is 18.0 Å². The Labute approximate surface area is 162 Å². The molecule has 0 heterocycles. The van der Waals surface area contributed by atoms with Gasteiger partial charge in [0.05, 0.1) is 10.0 Å². The molecule has 1 N–H and O–H groups in total. The van der Waals surface area contributed by atoms with Crippen molar-refractivity contribution in [1.82, 2.24) is 0 Å². The average molecular weight is 472 g/mol.